The molecule has 0 spiro atoms. The quantitative estimate of drug-likeness (QED) is 0.322. The summed E-state index contributed by atoms with van der Waals surface area (Å²) in [6.07, 6.45) is 3.14. The summed E-state index contributed by atoms with van der Waals surface area (Å²) in [4.78, 5) is 12.9. The summed E-state index contributed by atoms with van der Waals surface area (Å²) in [5.41, 5.74) is 2.54. The van der Waals surface area contributed by atoms with Gasteiger partial charge in [-0.25, -0.2) is 18.4 Å². The van der Waals surface area contributed by atoms with Crippen LogP contribution in [0.4, 0.5) is 17.3 Å². The van der Waals surface area contributed by atoms with Gasteiger partial charge in [0, 0.05) is 82.1 Å². The van der Waals surface area contributed by atoms with Gasteiger partial charge in [-0.3, -0.25) is 9.71 Å². The minimum atomic E-state index is -3.95. The van der Waals surface area contributed by atoms with E-state index < -0.39 is 10.0 Å². The number of nitrogens with one attached hydrogen (secondary N) is 2. The fraction of sp³-hybridized carbons (Fsp3) is 0.136. The van der Waals surface area contributed by atoms with Gasteiger partial charge < -0.3 is 15.2 Å². The molecule has 0 amide bonds. The number of fused-ring (bicyclic) bond motifs is 1. The van der Waals surface area contributed by atoms with Crippen LogP contribution in [0.3, 0.4) is 0 Å². The molecular weight excluding hydrogens is 469 g/mol. The molecule has 0 saturated heterocycles. The van der Waals surface area contributed by atoms with Gasteiger partial charge in [0.2, 0.25) is 0 Å². The van der Waals surface area contributed by atoms with E-state index in [1.807, 2.05) is 12.1 Å². The standard InChI is InChI=1S/C22H21N5O4S.K/c1-31-16-9-8-15(10-12-28)20(13-16)26-21-22(25-19-7-3-2-6-18(19)24-21)27-32(29,30)17-5-4-11-23-14-17;/h2-9,11,13-14,28H,10,12H2,1H3,(H,24,26)(H,25,27);. The van der Waals surface area contributed by atoms with Gasteiger partial charge in [0.05, 0.1) is 18.1 Å². The molecule has 0 unspecified atom stereocenters. The van der Waals surface area contributed by atoms with Crippen molar-refractivity contribution in [1.82, 2.24) is 15.0 Å². The van der Waals surface area contributed by atoms with Crippen molar-refractivity contribution < 1.29 is 18.3 Å². The number of aromatic nitrogens is 3. The van der Waals surface area contributed by atoms with Crippen LogP contribution < -0.4 is 14.8 Å². The minimum absolute atomic E-state index is 0. The first-order valence-electron chi connectivity index (χ1n) is 9.74. The second kappa shape index (κ2) is 11.3. The Balaban J connectivity index is 0.00000306. The molecule has 33 heavy (non-hydrogen) atoms. The van der Waals surface area contributed by atoms with Gasteiger partial charge in [-0.05, 0) is 42.3 Å². The molecule has 0 aliphatic carbocycles. The van der Waals surface area contributed by atoms with Crippen molar-refractivity contribution in [2.45, 2.75) is 11.3 Å². The number of methoxy groups -OCH3 is 1. The summed E-state index contributed by atoms with van der Waals surface area (Å²) in [7, 11) is -2.40. The number of sulfonamides is 1. The molecule has 0 aliphatic rings. The summed E-state index contributed by atoms with van der Waals surface area (Å²) in [6, 6.07) is 15.5. The monoisotopic (exact) mass is 490 g/mol. The van der Waals surface area contributed by atoms with Crippen molar-refractivity contribution in [2.24, 2.45) is 0 Å². The van der Waals surface area contributed by atoms with E-state index in [0.29, 0.717) is 28.9 Å². The molecule has 9 nitrogen and oxygen atoms in total. The van der Waals surface area contributed by atoms with Crippen molar-refractivity contribution in [3.8, 4) is 5.75 Å². The van der Waals surface area contributed by atoms with Crippen LogP contribution in [-0.4, -0.2) is 93.6 Å². The van der Waals surface area contributed by atoms with Gasteiger partial charge in [-0.1, -0.05) is 18.2 Å². The maximum Gasteiger partial charge on any atom is 0.264 e. The van der Waals surface area contributed by atoms with E-state index in [-0.39, 0.29) is 74.5 Å². The first-order valence-corrected chi connectivity index (χ1v) is 11.2. The second-order valence-corrected chi connectivity index (χ2v) is 8.51. The molecule has 4 aromatic rings. The molecule has 1 radical (unpaired) electrons. The van der Waals surface area contributed by atoms with Crippen LogP contribution in [0.2, 0.25) is 0 Å². The van der Waals surface area contributed by atoms with Gasteiger partial charge in [0.1, 0.15) is 10.6 Å². The minimum Gasteiger partial charge on any atom is -0.497 e. The Morgan fingerprint density at radius 2 is 1.73 bits per heavy atom. The number of anilines is 3. The molecular formula is C22H21KN5O4S. The number of hydrogen-bond donors (Lipinski definition) is 3. The number of hydrogen-bond acceptors (Lipinski definition) is 8. The molecule has 2 heterocycles. The molecule has 0 fully saturated rings. The summed E-state index contributed by atoms with van der Waals surface area (Å²) in [5.74, 6) is 0.842. The van der Waals surface area contributed by atoms with Gasteiger partial charge >= 0.3 is 0 Å². The van der Waals surface area contributed by atoms with E-state index in [4.69, 9.17) is 4.74 Å². The van der Waals surface area contributed by atoms with Crippen molar-refractivity contribution in [1.29, 1.82) is 0 Å². The molecule has 4 rings (SSSR count). The third-order valence-corrected chi connectivity index (χ3v) is 6.02. The van der Waals surface area contributed by atoms with E-state index >= 15 is 0 Å². The maximum absolute atomic E-state index is 12.9. The Labute approximate surface area is 234 Å². The van der Waals surface area contributed by atoms with Gasteiger partial charge in [0.15, 0.2) is 11.6 Å². The molecule has 2 aromatic heterocycles. The molecule has 2 aromatic carbocycles. The third kappa shape index (κ3) is 6.06. The number of nitrogens with zero attached hydrogens (tertiary/aromatic N) is 3. The normalized spacial score (nSPS) is 11.0. The predicted molar refractivity (Wildman–Crippen MR) is 127 cm³/mol. The SMILES string of the molecule is COc1ccc(CCO)c(Nc2nc3ccccc3nc2NS(=O)(=O)c2cccnc2)c1.[K]. The van der Waals surface area contributed by atoms with Crippen molar-refractivity contribution in [3.05, 3.63) is 72.6 Å². The first kappa shape index (κ1) is 25.5. The third-order valence-electron chi connectivity index (χ3n) is 4.70. The van der Waals surface area contributed by atoms with Gasteiger partial charge in [-0.2, -0.15) is 0 Å². The molecule has 3 N–H and O–H groups in total. The summed E-state index contributed by atoms with van der Waals surface area (Å²) in [5, 5.41) is 12.6. The average molecular weight is 491 g/mol. The predicted octanol–water partition coefficient (Wildman–Crippen LogP) is 2.73. The largest absolute Gasteiger partial charge is 0.497 e. The van der Waals surface area contributed by atoms with Crippen LogP contribution in [0, 0.1) is 0 Å². The van der Waals surface area contributed by atoms with E-state index in [1.54, 1.807) is 37.4 Å². The molecule has 165 valence electrons. The number of aliphatic hydroxyl groups excluding tert-OH is 1. The fourth-order valence-corrected chi connectivity index (χ4v) is 4.09. The number of ether oxygens (including phenoxy) is 1. The molecule has 11 heteroatoms. The molecule has 0 saturated carbocycles. The maximum atomic E-state index is 12.9. The number of aliphatic hydroxyl groups is 1. The molecule has 0 bridgehead atoms. The summed E-state index contributed by atoms with van der Waals surface area (Å²) >= 11 is 0. The first-order chi connectivity index (χ1) is 15.5. The van der Waals surface area contributed by atoms with Gasteiger partial charge in [0.25, 0.3) is 10.0 Å². The fourth-order valence-electron chi connectivity index (χ4n) is 3.12. The number of para-hydroxylation sites is 2. The number of rotatable bonds is 8. The molecule has 0 aliphatic heterocycles. The van der Waals surface area contributed by atoms with Crippen LogP contribution >= 0.6 is 0 Å². The Hall–Kier alpha value is -2.12. The summed E-state index contributed by atoms with van der Waals surface area (Å²) in [6.45, 7) is -0.0507. The van der Waals surface area contributed by atoms with Crippen LogP contribution in [0.5, 0.6) is 5.75 Å². The average Bonchev–Trinajstić information content (AvgIpc) is 2.81. The Morgan fingerprint density at radius 1 is 1.00 bits per heavy atom. The number of pyridine rings is 1. The Kier molecular flexibility index (Phi) is 8.76. The van der Waals surface area contributed by atoms with Crippen LogP contribution in [0.1, 0.15) is 5.56 Å². The van der Waals surface area contributed by atoms with E-state index in [1.165, 1.54) is 24.5 Å². The smallest absolute Gasteiger partial charge is 0.264 e. The topological polar surface area (TPSA) is 126 Å². The summed E-state index contributed by atoms with van der Waals surface area (Å²) < 4.78 is 33.6. The van der Waals surface area contributed by atoms with Crippen molar-refractivity contribution in [2.75, 3.05) is 23.8 Å². The molecule has 0 atom stereocenters. The second-order valence-electron chi connectivity index (χ2n) is 6.83. The van der Waals surface area contributed by atoms with E-state index in [0.717, 1.165) is 5.56 Å². The zero-order chi connectivity index (χ0) is 22.6. The zero-order valence-corrected chi connectivity index (χ0v) is 22.1. The van der Waals surface area contributed by atoms with Crippen molar-refractivity contribution >= 4 is 89.8 Å². The van der Waals surface area contributed by atoms with E-state index in [9.17, 15) is 13.5 Å². The number of benzene rings is 2. The van der Waals surface area contributed by atoms with Crippen LogP contribution in [0.15, 0.2) is 71.9 Å². The van der Waals surface area contributed by atoms with Gasteiger partial charge in [-0.15, -0.1) is 0 Å². The van der Waals surface area contributed by atoms with Crippen LogP contribution in [0.25, 0.3) is 11.0 Å². The van der Waals surface area contributed by atoms with E-state index in [2.05, 4.69) is 25.0 Å². The van der Waals surface area contributed by atoms with Crippen LogP contribution in [-0.2, 0) is 16.4 Å². The Morgan fingerprint density at radius 3 is 2.36 bits per heavy atom. The Bertz CT molecular complexity index is 1350. The van der Waals surface area contributed by atoms with Crippen molar-refractivity contribution in [3.63, 3.8) is 0 Å². The zero-order valence-electron chi connectivity index (χ0n) is 18.2.